The second-order valence-electron chi connectivity index (χ2n) is 4.67. The highest BCUT2D eigenvalue weighted by Crippen LogP contribution is 2.34. The highest BCUT2D eigenvalue weighted by molar-refractivity contribution is 6.06. The number of nitrogens with zero attached hydrogens (tertiary/aromatic N) is 2. The van der Waals surface area contributed by atoms with Gasteiger partial charge in [-0.2, -0.15) is 0 Å². The largest absolute Gasteiger partial charge is 0.372 e. The van der Waals surface area contributed by atoms with Crippen LogP contribution in [-0.4, -0.2) is 24.5 Å². The molecule has 0 spiro atoms. The van der Waals surface area contributed by atoms with Gasteiger partial charge >= 0.3 is 0 Å². The lowest BCUT2D eigenvalue weighted by Crippen LogP contribution is -2.17. The van der Waals surface area contributed by atoms with E-state index < -0.39 is 0 Å². The number of aromatic nitrogens is 1. The summed E-state index contributed by atoms with van der Waals surface area (Å²) in [6, 6.07) is 9.46. The van der Waals surface area contributed by atoms with E-state index in [0.29, 0.717) is 5.56 Å². The molecule has 0 radical (unpaired) electrons. The number of anilines is 2. The van der Waals surface area contributed by atoms with Gasteiger partial charge in [0.2, 0.25) is 0 Å². The van der Waals surface area contributed by atoms with Gasteiger partial charge in [-0.15, -0.1) is 0 Å². The van der Waals surface area contributed by atoms with Crippen molar-refractivity contribution in [2.75, 3.05) is 23.8 Å². The molecule has 0 unspecified atom stereocenters. The maximum absolute atomic E-state index is 12.2. The van der Waals surface area contributed by atoms with Gasteiger partial charge in [-0.3, -0.25) is 9.78 Å². The van der Waals surface area contributed by atoms with Crippen molar-refractivity contribution < 1.29 is 4.79 Å². The highest BCUT2D eigenvalue weighted by Gasteiger charge is 2.20. The third kappa shape index (κ3) is 2.17. The molecule has 1 aromatic carbocycles. The van der Waals surface area contributed by atoms with Gasteiger partial charge in [0.25, 0.3) is 5.91 Å². The molecule has 1 aromatic heterocycles. The van der Waals surface area contributed by atoms with Gasteiger partial charge in [0, 0.05) is 31.5 Å². The van der Waals surface area contributed by atoms with E-state index in [1.807, 2.05) is 19.2 Å². The third-order valence-electron chi connectivity index (χ3n) is 3.41. The van der Waals surface area contributed by atoms with Gasteiger partial charge in [-0.1, -0.05) is 12.1 Å². The summed E-state index contributed by atoms with van der Waals surface area (Å²) in [4.78, 5) is 18.3. The first-order valence-corrected chi connectivity index (χ1v) is 6.30. The molecule has 1 aliphatic rings. The number of benzene rings is 1. The van der Waals surface area contributed by atoms with Crippen molar-refractivity contribution in [3.63, 3.8) is 0 Å². The Morgan fingerprint density at radius 3 is 2.84 bits per heavy atom. The van der Waals surface area contributed by atoms with Crippen molar-refractivity contribution >= 4 is 17.3 Å². The van der Waals surface area contributed by atoms with Gasteiger partial charge < -0.3 is 10.2 Å². The zero-order chi connectivity index (χ0) is 13.2. The molecule has 4 nitrogen and oxygen atoms in total. The van der Waals surface area contributed by atoms with E-state index >= 15 is 0 Å². The third-order valence-corrected chi connectivity index (χ3v) is 3.41. The molecule has 2 heterocycles. The second kappa shape index (κ2) is 4.72. The van der Waals surface area contributed by atoms with Crippen LogP contribution in [-0.2, 0) is 6.42 Å². The first-order valence-electron chi connectivity index (χ1n) is 6.30. The summed E-state index contributed by atoms with van der Waals surface area (Å²) in [5, 5.41) is 2.98. The average Bonchev–Trinajstić information content (AvgIpc) is 2.83. The van der Waals surface area contributed by atoms with Gasteiger partial charge in [-0.05, 0) is 30.2 Å². The summed E-state index contributed by atoms with van der Waals surface area (Å²) in [5.41, 5.74) is 3.91. The Balaban J connectivity index is 1.89. The van der Waals surface area contributed by atoms with Crippen LogP contribution in [0.1, 0.15) is 15.9 Å². The van der Waals surface area contributed by atoms with Crippen LogP contribution in [0.3, 0.4) is 0 Å². The standard InChI is InChI=1S/C15H15N3O/c1-18-10-7-11-3-2-4-13(14(11)18)17-15(19)12-5-8-16-9-6-12/h2-6,8-9H,7,10H2,1H3,(H,17,19). The summed E-state index contributed by atoms with van der Waals surface area (Å²) < 4.78 is 0. The van der Waals surface area contributed by atoms with E-state index in [1.54, 1.807) is 24.5 Å². The van der Waals surface area contributed by atoms with Gasteiger partial charge in [0.15, 0.2) is 0 Å². The number of likely N-dealkylation sites (N-methyl/N-ethyl adjacent to an activating group) is 1. The van der Waals surface area contributed by atoms with Gasteiger partial charge in [0.1, 0.15) is 0 Å². The van der Waals surface area contributed by atoms with E-state index in [9.17, 15) is 4.79 Å². The van der Waals surface area contributed by atoms with E-state index in [2.05, 4.69) is 21.3 Å². The minimum absolute atomic E-state index is 0.101. The molecule has 3 rings (SSSR count). The van der Waals surface area contributed by atoms with Crippen LogP contribution in [0.4, 0.5) is 11.4 Å². The summed E-state index contributed by atoms with van der Waals surface area (Å²) in [6.45, 7) is 0.997. The number of nitrogens with one attached hydrogen (secondary N) is 1. The fourth-order valence-corrected chi connectivity index (χ4v) is 2.44. The fraction of sp³-hybridized carbons (Fsp3) is 0.200. The van der Waals surface area contributed by atoms with E-state index in [1.165, 1.54) is 5.56 Å². The number of amides is 1. The van der Waals surface area contributed by atoms with Crippen LogP contribution in [0.15, 0.2) is 42.7 Å². The van der Waals surface area contributed by atoms with Crippen molar-refractivity contribution in [2.45, 2.75) is 6.42 Å². The minimum atomic E-state index is -0.101. The molecule has 0 saturated carbocycles. The molecule has 1 aliphatic heterocycles. The Labute approximate surface area is 112 Å². The topological polar surface area (TPSA) is 45.2 Å². The second-order valence-corrected chi connectivity index (χ2v) is 4.67. The molecule has 0 aliphatic carbocycles. The zero-order valence-electron chi connectivity index (χ0n) is 10.8. The van der Waals surface area contributed by atoms with Gasteiger partial charge in [0.05, 0.1) is 11.4 Å². The van der Waals surface area contributed by atoms with Crippen molar-refractivity contribution in [3.8, 4) is 0 Å². The summed E-state index contributed by atoms with van der Waals surface area (Å²) in [5.74, 6) is -0.101. The molecular formula is C15H15N3O. The number of hydrogen-bond donors (Lipinski definition) is 1. The normalized spacial score (nSPS) is 13.2. The predicted octanol–water partition coefficient (Wildman–Crippen LogP) is 2.33. The van der Waals surface area contributed by atoms with Crippen molar-refractivity contribution in [1.29, 1.82) is 0 Å². The number of hydrogen-bond acceptors (Lipinski definition) is 3. The fourth-order valence-electron chi connectivity index (χ4n) is 2.44. The number of carbonyl (C=O) groups excluding carboxylic acids is 1. The van der Waals surface area contributed by atoms with Crippen LogP contribution in [0.25, 0.3) is 0 Å². The first kappa shape index (κ1) is 11.7. The summed E-state index contributed by atoms with van der Waals surface area (Å²) in [6.07, 6.45) is 4.28. The highest BCUT2D eigenvalue weighted by atomic mass is 16.1. The first-order chi connectivity index (χ1) is 9.25. The smallest absolute Gasteiger partial charge is 0.255 e. The number of para-hydroxylation sites is 1. The lowest BCUT2D eigenvalue weighted by Gasteiger charge is -2.17. The maximum Gasteiger partial charge on any atom is 0.255 e. The molecule has 0 saturated heterocycles. The van der Waals surface area contributed by atoms with Crippen LogP contribution in [0, 0.1) is 0 Å². The van der Waals surface area contributed by atoms with Crippen LogP contribution in [0.2, 0.25) is 0 Å². The lowest BCUT2D eigenvalue weighted by atomic mass is 10.1. The van der Waals surface area contributed by atoms with Crippen LogP contribution < -0.4 is 10.2 Å². The zero-order valence-corrected chi connectivity index (χ0v) is 10.8. The van der Waals surface area contributed by atoms with Crippen molar-refractivity contribution in [2.24, 2.45) is 0 Å². The Bertz CT molecular complexity index is 610. The molecule has 0 bridgehead atoms. The molecular weight excluding hydrogens is 238 g/mol. The van der Waals surface area contributed by atoms with Crippen molar-refractivity contribution in [3.05, 3.63) is 53.9 Å². The molecule has 2 aromatic rings. The Kier molecular flexibility index (Phi) is 2.91. The molecule has 1 N–H and O–H groups in total. The predicted molar refractivity (Wildman–Crippen MR) is 75.6 cm³/mol. The Hall–Kier alpha value is -2.36. The lowest BCUT2D eigenvalue weighted by molar-refractivity contribution is 0.102. The summed E-state index contributed by atoms with van der Waals surface area (Å²) in [7, 11) is 2.05. The summed E-state index contributed by atoms with van der Waals surface area (Å²) >= 11 is 0. The van der Waals surface area contributed by atoms with Crippen molar-refractivity contribution in [1.82, 2.24) is 4.98 Å². The quantitative estimate of drug-likeness (QED) is 0.893. The van der Waals surface area contributed by atoms with E-state index in [4.69, 9.17) is 0 Å². The number of fused-ring (bicyclic) bond motifs is 1. The minimum Gasteiger partial charge on any atom is -0.372 e. The van der Waals surface area contributed by atoms with Crippen LogP contribution in [0.5, 0.6) is 0 Å². The Morgan fingerprint density at radius 1 is 1.26 bits per heavy atom. The molecule has 19 heavy (non-hydrogen) atoms. The molecule has 1 amide bonds. The van der Waals surface area contributed by atoms with E-state index in [-0.39, 0.29) is 5.91 Å². The molecule has 4 heteroatoms. The number of rotatable bonds is 2. The monoisotopic (exact) mass is 253 g/mol. The van der Waals surface area contributed by atoms with Crippen LogP contribution >= 0.6 is 0 Å². The van der Waals surface area contributed by atoms with E-state index in [0.717, 1.165) is 24.3 Å². The SMILES string of the molecule is CN1CCc2cccc(NC(=O)c3ccncc3)c21. The van der Waals surface area contributed by atoms with Gasteiger partial charge in [-0.25, -0.2) is 0 Å². The average molecular weight is 253 g/mol. The molecule has 96 valence electrons. The number of pyridine rings is 1. The number of carbonyl (C=O) groups is 1. The molecule has 0 fully saturated rings. The maximum atomic E-state index is 12.2. The Morgan fingerprint density at radius 2 is 2.05 bits per heavy atom. The molecule has 0 atom stereocenters.